The second-order valence-electron chi connectivity index (χ2n) is 5.73. The van der Waals surface area contributed by atoms with Crippen LogP contribution in [0, 0.1) is 0 Å². The number of nitrogens with zero attached hydrogens (tertiary/aromatic N) is 2. The number of alkyl halides is 3. The van der Waals surface area contributed by atoms with Crippen LogP contribution in [0.5, 0.6) is 0 Å². The number of halogens is 3. The van der Waals surface area contributed by atoms with Gasteiger partial charge in [-0.3, -0.25) is 0 Å². The Bertz CT molecular complexity index is 779. The molecule has 9 heteroatoms. The Morgan fingerprint density at radius 2 is 1.69 bits per heavy atom. The lowest BCUT2D eigenvalue weighted by atomic mass is 10.1. The molecule has 1 saturated heterocycles. The molecular weight excluding hydrogens is 385 g/mol. The molecular formula is C17H21F3N2O2S2. The van der Waals surface area contributed by atoms with Crippen molar-refractivity contribution in [1.82, 2.24) is 4.31 Å². The minimum atomic E-state index is -4.46. The summed E-state index contributed by atoms with van der Waals surface area (Å²) < 4.78 is 64.8. The smallest absolute Gasteiger partial charge is 0.369 e. The fourth-order valence-electron chi connectivity index (χ4n) is 2.72. The minimum absolute atomic E-state index is 0.0279. The van der Waals surface area contributed by atoms with Gasteiger partial charge in [0.25, 0.3) is 0 Å². The molecule has 0 bridgehead atoms. The van der Waals surface area contributed by atoms with Crippen LogP contribution >= 0.6 is 11.8 Å². The zero-order valence-electron chi connectivity index (χ0n) is 14.6. The molecule has 0 atom stereocenters. The molecule has 144 valence electrons. The highest BCUT2D eigenvalue weighted by Crippen LogP contribution is 2.33. The van der Waals surface area contributed by atoms with Crippen molar-refractivity contribution < 1.29 is 21.6 Å². The van der Waals surface area contributed by atoms with Gasteiger partial charge in [-0.1, -0.05) is 24.8 Å². The molecule has 0 radical (unpaired) electrons. The van der Waals surface area contributed by atoms with Gasteiger partial charge in [-0.15, -0.1) is 11.8 Å². The Morgan fingerprint density at radius 1 is 1.15 bits per heavy atom. The summed E-state index contributed by atoms with van der Waals surface area (Å²) in [5, 5.41) is 0. The normalized spacial score (nSPS) is 17.4. The predicted molar refractivity (Wildman–Crippen MR) is 102 cm³/mol. The number of sulfonamides is 1. The highest BCUT2D eigenvalue weighted by Gasteiger charge is 2.33. The highest BCUT2D eigenvalue weighted by molar-refractivity contribution is 8.17. The number of hydrogen-bond donors (Lipinski definition) is 0. The van der Waals surface area contributed by atoms with Crippen molar-refractivity contribution in [3.63, 3.8) is 0 Å². The van der Waals surface area contributed by atoms with Gasteiger partial charge in [0.2, 0.25) is 10.0 Å². The molecule has 2 rings (SSSR count). The standard InChI is InChI=1S/C17H21F3N2O2S2/c1-4-16(25-3)26(23,24)22-11-9-21(10-12-22)15-7-5-14(6-8-15)13(2)17(18,19)20/h4-8H,2,9-12H2,1,3H3/b16-4+. The molecule has 0 spiro atoms. The molecule has 1 fully saturated rings. The summed E-state index contributed by atoms with van der Waals surface area (Å²) in [4.78, 5) is 1.96. The van der Waals surface area contributed by atoms with Gasteiger partial charge >= 0.3 is 6.18 Å². The van der Waals surface area contributed by atoms with Crippen molar-refractivity contribution in [2.75, 3.05) is 37.3 Å². The first-order valence-electron chi connectivity index (χ1n) is 7.93. The summed E-state index contributed by atoms with van der Waals surface area (Å²) in [6.07, 6.45) is -1.15. The number of piperazine rings is 1. The Morgan fingerprint density at radius 3 is 2.12 bits per heavy atom. The lowest BCUT2D eigenvalue weighted by Crippen LogP contribution is -2.48. The molecule has 26 heavy (non-hydrogen) atoms. The van der Waals surface area contributed by atoms with Crippen LogP contribution in [-0.4, -0.2) is 51.3 Å². The third kappa shape index (κ3) is 4.44. The quantitative estimate of drug-likeness (QED) is 0.743. The number of benzene rings is 1. The summed E-state index contributed by atoms with van der Waals surface area (Å²) in [6.45, 7) is 6.39. The van der Waals surface area contributed by atoms with E-state index >= 15 is 0 Å². The predicted octanol–water partition coefficient (Wildman–Crippen LogP) is 3.94. The van der Waals surface area contributed by atoms with Crippen LogP contribution in [0.2, 0.25) is 0 Å². The second-order valence-corrected chi connectivity index (χ2v) is 8.74. The molecule has 1 aliphatic heterocycles. The maximum absolute atomic E-state index is 12.7. The minimum Gasteiger partial charge on any atom is -0.369 e. The van der Waals surface area contributed by atoms with E-state index in [4.69, 9.17) is 0 Å². The maximum atomic E-state index is 12.7. The van der Waals surface area contributed by atoms with E-state index in [2.05, 4.69) is 6.58 Å². The van der Waals surface area contributed by atoms with Gasteiger partial charge in [-0.2, -0.15) is 17.5 Å². The first-order valence-corrected chi connectivity index (χ1v) is 10.6. The van der Waals surface area contributed by atoms with E-state index in [1.54, 1.807) is 31.4 Å². The van der Waals surface area contributed by atoms with E-state index in [1.165, 1.54) is 28.2 Å². The lowest BCUT2D eigenvalue weighted by Gasteiger charge is -2.35. The van der Waals surface area contributed by atoms with Crippen LogP contribution in [0.3, 0.4) is 0 Å². The molecule has 0 aliphatic carbocycles. The van der Waals surface area contributed by atoms with Crippen LogP contribution < -0.4 is 4.90 Å². The number of rotatable bonds is 5. The van der Waals surface area contributed by atoms with E-state index in [1.807, 2.05) is 4.90 Å². The summed E-state index contributed by atoms with van der Waals surface area (Å²) >= 11 is 1.19. The van der Waals surface area contributed by atoms with Gasteiger partial charge in [-0.05, 0) is 30.9 Å². The van der Waals surface area contributed by atoms with E-state index in [9.17, 15) is 21.6 Å². The Hall–Kier alpha value is -1.45. The first-order chi connectivity index (χ1) is 12.1. The molecule has 0 saturated carbocycles. The summed E-state index contributed by atoms with van der Waals surface area (Å²) in [5.74, 6) is 0. The molecule has 1 aliphatic rings. The second kappa shape index (κ2) is 8.06. The summed E-state index contributed by atoms with van der Waals surface area (Å²) in [6, 6.07) is 5.99. The summed E-state index contributed by atoms with van der Waals surface area (Å²) in [7, 11) is -3.47. The molecule has 1 aromatic carbocycles. The topological polar surface area (TPSA) is 40.6 Å². The van der Waals surface area contributed by atoms with E-state index in [0.29, 0.717) is 30.4 Å². The van der Waals surface area contributed by atoms with Gasteiger partial charge in [0.1, 0.15) is 4.24 Å². The third-order valence-corrected chi connectivity index (χ3v) is 7.75. The van der Waals surface area contributed by atoms with Crippen molar-refractivity contribution in [1.29, 1.82) is 0 Å². The highest BCUT2D eigenvalue weighted by atomic mass is 32.3. The first kappa shape index (κ1) is 20.9. The number of thioether (sulfide) groups is 1. The van der Waals surface area contributed by atoms with E-state index < -0.39 is 21.8 Å². The average molecular weight is 406 g/mol. The van der Waals surface area contributed by atoms with Crippen LogP contribution in [0.4, 0.5) is 18.9 Å². The Balaban J connectivity index is 2.06. The largest absolute Gasteiger partial charge is 0.416 e. The number of anilines is 1. The fraction of sp³-hybridized carbons (Fsp3) is 0.412. The zero-order chi connectivity index (χ0) is 19.5. The average Bonchev–Trinajstić information content (AvgIpc) is 2.61. The van der Waals surface area contributed by atoms with Crippen LogP contribution in [0.1, 0.15) is 12.5 Å². The van der Waals surface area contributed by atoms with Crippen molar-refractivity contribution in [3.8, 4) is 0 Å². The fourth-order valence-corrected chi connectivity index (χ4v) is 5.31. The van der Waals surface area contributed by atoms with Crippen LogP contribution in [0.25, 0.3) is 5.57 Å². The molecule has 0 unspecified atom stereocenters. The summed E-state index contributed by atoms with van der Waals surface area (Å²) in [5.41, 5.74) is -0.0898. The molecule has 0 aromatic heterocycles. The Labute approximate surface area is 156 Å². The Kier molecular flexibility index (Phi) is 6.46. The maximum Gasteiger partial charge on any atom is 0.416 e. The zero-order valence-corrected chi connectivity index (χ0v) is 16.2. The van der Waals surface area contributed by atoms with Crippen LogP contribution in [0.15, 0.2) is 41.2 Å². The molecule has 1 heterocycles. The van der Waals surface area contributed by atoms with Gasteiger partial charge in [0.05, 0.1) is 5.57 Å². The lowest BCUT2D eigenvalue weighted by molar-refractivity contribution is -0.0686. The van der Waals surface area contributed by atoms with Gasteiger partial charge in [0.15, 0.2) is 0 Å². The van der Waals surface area contributed by atoms with Crippen molar-refractivity contribution in [3.05, 3.63) is 46.7 Å². The molecule has 1 aromatic rings. The number of allylic oxidation sites excluding steroid dienone is 2. The molecule has 0 amide bonds. The van der Waals surface area contributed by atoms with Gasteiger partial charge in [-0.25, -0.2) is 8.42 Å². The van der Waals surface area contributed by atoms with E-state index in [-0.39, 0.29) is 5.56 Å². The van der Waals surface area contributed by atoms with Gasteiger partial charge < -0.3 is 4.90 Å². The van der Waals surface area contributed by atoms with Gasteiger partial charge in [0, 0.05) is 31.9 Å². The third-order valence-electron chi connectivity index (χ3n) is 4.19. The van der Waals surface area contributed by atoms with E-state index in [0.717, 1.165) is 5.69 Å². The molecule has 0 N–H and O–H groups in total. The molecule has 4 nitrogen and oxygen atoms in total. The van der Waals surface area contributed by atoms with Crippen LogP contribution in [-0.2, 0) is 10.0 Å². The monoisotopic (exact) mass is 406 g/mol. The van der Waals surface area contributed by atoms with Crippen molar-refractivity contribution >= 4 is 33.0 Å². The van der Waals surface area contributed by atoms with Crippen molar-refractivity contribution in [2.24, 2.45) is 0 Å². The van der Waals surface area contributed by atoms with Crippen molar-refractivity contribution in [2.45, 2.75) is 13.1 Å². The number of hydrogen-bond acceptors (Lipinski definition) is 4. The SMILES string of the molecule is C=C(c1ccc(N2CCN(S(=O)(=O)/C(=C/C)SC)CC2)cc1)C(F)(F)F.